The highest BCUT2D eigenvalue weighted by Crippen LogP contribution is 2.27. The van der Waals surface area contributed by atoms with Gasteiger partial charge in [-0.15, -0.1) is 11.3 Å². The third kappa shape index (κ3) is 7.71. The molecule has 0 saturated carbocycles. The molecule has 3 saturated heterocycles. The first kappa shape index (κ1) is 30.9. The second-order valence-corrected chi connectivity index (χ2v) is 12.3. The number of rotatable bonds is 11. The molecule has 3 aliphatic heterocycles. The minimum Gasteiger partial charge on any atom is -0.442 e. The summed E-state index contributed by atoms with van der Waals surface area (Å²) in [6, 6.07) is 9.96. The predicted molar refractivity (Wildman–Crippen MR) is 160 cm³/mol. The zero-order valence-corrected chi connectivity index (χ0v) is 25.2. The van der Waals surface area contributed by atoms with E-state index in [0.717, 1.165) is 35.6 Å². The molecule has 14 heteroatoms. The van der Waals surface area contributed by atoms with Gasteiger partial charge >= 0.3 is 6.09 Å². The van der Waals surface area contributed by atoms with Crippen LogP contribution in [0.3, 0.4) is 0 Å². The lowest BCUT2D eigenvalue weighted by atomic mass is 10.2. The SMILES string of the molecule is O=C(NCCCCC(=O)N(C[C@H]1CN(c2ccc(N3CCOCC3=O)cc2)C(=O)O1)C(=O)c1ccc(Cl)s1)[C@H]1CCCN1. The number of morpholine rings is 1. The molecule has 43 heavy (non-hydrogen) atoms. The minimum absolute atomic E-state index is 0.0300. The largest absolute Gasteiger partial charge is 0.442 e. The molecule has 0 spiro atoms. The van der Waals surface area contributed by atoms with Gasteiger partial charge in [-0.1, -0.05) is 11.6 Å². The van der Waals surface area contributed by atoms with Gasteiger partial charge in [0.2, 0.25) is 11.8 Å². The van der Waals surface area contributed by atoms with E-state index in [1.54, 1.807) is 41.3 Å². The van der Waals surface area contributed by atoms with Crippen molar-refractivity contribution in [1.82, 2.24) is 15.5 Å². The molecule has 5 amide bonds. The summed E-state index contributed by atoms with van der Waals surface area (Å²) < 4.78 is 11.2. The highest BCUT2D eigenvalue weighted by Gasteiger charge is 2.36. The average Bonchev–Trinajstić information content (AvgIpc) is 3.77. The van der Waals surface area contributed by atoms with Crippen LogP contribution in [0.25, 0.3) is 0 Å². The van der Waals surface area contributed by atoms with Crippen molar-refractivity contribution in [3.05, 3.63) is 45.6 Å². The number of carbonyl (C=O) groups is 5. The van der Waals surface area contributed by atoms with E-state index < -0.39 is 24.0 Å². The van der Waals surface area contributed by atoms with Crippen molar-refractivity contribution in [2.45, 2.75) is 44.2 Å². The first-order chi connectivity index (χ1) is 20.8. The lowest BCUT2D eigenvalue weighted by molar-refractivity contribution is -0.129. The number of cyclic esters (lactones) is 1. The smallest absolute Gasteiger partial charge is 0.414 e. The second kappa shape index (κ2) is 14.3. The van der Waals surface area contributed by atoms with E-state index in [1.807, 2.05) is 0 Å². The summed E-state index contributed by atoms with van der Waals surface area (Å²) in [7, 11) is 0. The number of imide groups is 1. The molecule has 3 fully saturated rings. The first-order valence-electron chi connectivity index (χ1n) is 14.4. The van der Waals surface area contributed by atoms with Gasteiger partial charge in [0.15, 0.2) is 0 Å². The number of unbranched alkanes of at least 4 members (excludes halogenated alkanes) is 1. The average molecular weight is 632 g/mol. The van der Waals surface area contributed by atoms with Crippen molar-refractivity contribution < 1.29 is 33.4 Å². The Hall–Kier alpha value is -3.52. The molecule has 230 valence electrons. The van der Waals surface area contributed by atoms with Crippen molar-refractivity contribution in [2.75, 3.05) is 55.7 Å². The summed E-state index contributed by atoms with van der Waals surface area (Å²) in [4.78, 5) is 68.3. The maximum atomic E-state index is 13.4. The van der Waals surface area contributed by atoms with Crippen LogP contribution in [0, 0.1) is 0 Å². The van der Waals surface area contributed by atoms with Gasteiger partial charge in [-0.05, 0) is 68.6 Å². The highest BCUT2D eigenvalue weighted by atomic mass is 35.5. The Kier molecular flexibility index (Phi) is 10.3. The molecule has 2 aromatic rings. The molecular weight excluding hydrogens is 598 g/mol. The molecule has 1 aromatic carbocycles. The van der Waals surface area contributed by atoms with E-state index in [-0.39, 0.29) is 44.0 Å². The summed E-state index contributed by atoms with van der Waals surface area (Å²) in [6.07, 6.45) is 1.60. The Morgan fingerprint density at radius 3 is 2.51 bits per heavy atom. The summed E-state index contributed by atoms with van der Waals surface area (Å²) >= 11 is 7.12. The van der Waals surface area contributed by atoms with Crippen LogP contribution in [0.4, 0.5) is 16.2 Å². The topological polar surface area (TPSA) is 138 Å². The van der Waals surface area contributed by atoms with Crippen molar-refractivity contribution in [3.8, 4) is 0 Å². The van der Waals surface area contributed by atoms with Crippen molar-refractivity contribution in [3.63, 3.8) is 0 Å². The molecule has 2 N–H and O–H groups in total. The van der Waals surface area contributed by atoms with Crippen LogP contribution in [0.5, 0.6) is 0 Å². The van der Waals surface area contributed by atoms with Gasteiger partial charge in [-0.25, -0.2) is 4.79 Å². The van der Waals surface area contributed by atoms with E-state index in [0.29, 0.717) is 53.1 Å². The van der Waals surface area contributed by atoms with Gasteiger partial charge in [0, 0.05) is 30.9 Å². The Balaban J connectivity index is 1.18. The molecule has 0 bridgehead atoms. The van der Waals surface area contributed by atoms with E-state index in [2.05, 4.69) is 10.6 Å². The third-order valence-corrected chi connectivity index (χ3v) is 8.76. The zero-order chi connectivity index (χ0) is 30.3. The van der Waals surface area contributed by atoms with Crippen LogP contribution in [0.15, 0.2) is 36.4 Å². The third-order valence-electron chi connectivity index (χ3n) is 7.54. The molecule has 12 nitrogen and oxygen atoms in total. The Bertz CT molecular complexity index is 1350. The van der Waals surface area contributed by atoms with Gasteiger partial charge in [0.25, 0.3) is 11.8 Å². The quantitative estimate of drug-likeness (QED) is 0.361. The van der Waals surface area contributed by atoms with Crippen molar-refractivity contribution in [1.29, 1.82) is 0 Å². The Labute approximate surface area is 258 Å². The number of anilines is 2. The molecule has 3 aliphatic rings. The van der Waals surface area contributed by atoms with Crippen molar-refractivity contribution >= 4 is 64.0 Å². The van der Waals surface area contributed by atoms with E-state index in [1.165, 1.54) is 4.90 Å². The van der Waals surface area contributed by atoms with E-state index in [9.17, 15) is 24.0 Å². The maximum absolute atomic E-state index is 13.4. The molecule has 0 aliphatic carbocycles. The van der Waals surface area contributed by atoms with Gasteiger partial charge < -0.3 is 25.0 Å². The van der Waals surface area contributed by atoms with Crippen LogP contribution in [-0.4, -0.2) is 92.7 Å². The van der Waals surface area contributed by atoms with Crippen LogP contribution >= 0.6 is 22.9 Å². The number of nitrogens with one attached hydrogen (secondary N) is 2. The molecule has 5 rings (SSSR count). The molecule has 0 unspecified atom stereocenters. The van der Waals surface area contributed by atoms with Gasteiger partial charge in [0.05, 0.1) is 35.0 Å². The standard InChI is InChI=1S/C29H34ClN5O7S/c30-24-11-10-23(43-24)28(39)35(25(36)5-1-2-12-32-27(38)22-4-3-13-31-22)17-21-16-34(29(40)42-21)20-8-6-19(7-9-20)33-14-15-41-18-26(33)37/h6-11,21-22,31H,1-5,12-18H2,(H,32,38)/t21-,22-/m1/s1. The number of hydrogen-bond donors (Lipinski definition) is 2. The van der Waals surface area contributed by atoms with Gasteiger partial charge in [-0.3, -0.25) is 29.0 Å². The van der Waals surface area contributed by atoms with E-state index in [4.69, 9.17) is 21.1 Å². The lowest BCUT2D eigenvalue weighted by Crippen LogP contribution is -2.43. The lowest BCUT2D eigenvalue weighted by Gasteiger charge is -2.27. The zero-order valence-electron chi connectivity index (χ0n) is 23.6. The fourth-order valence-corrected chi connectivity index (χ4v) is 6.27. The Morgan fingerprint density at radius 1 is 1.07 bits per heavy atom. The predicted octanol–water partition coefficient (Wildman–Crippen LogP) is 2.80. The molecule has 0 radical (unpaired) electrons. The number of halogens is 1. The molecule has 4 heterocycles. The fraction of sp³-hybridized carbons (Fsp3) is 0.483. The van der Waals surface area contributed by atoms with Crippen molar-refractivity contribution in [2.24, 2.45) is 0 Å². The minimum atomic E-state index is -0.741. The van der Waals surface area contributed by atoms with E-state index >= 15 is 0 Å². The molecule has 1 aromatic heterocycles. The monoisotopic (exact) mass is 631 g/mol. The summed E-state index contributed by atoms with van der Waals surface area (Å²) in [5, 5.41) is 6.05. The number of hydrogen-bond acceptors (Lipinski definition) is 9. The van der Waals surface area contributed by atoms with Crippen LogP contribution in [0.2, 0.25) is 4.34 Å². The summed E-state index contributed by atoms with van der Waals surface area (Å²) in [5.41, 5.74) is 1.27. The summed E-state index contributed by atoms with van der Waals surface area (Å²) in [6.45, 7) is 2.23. The fourth-order valence-electron chi connectivity index (χ4n) is 5.27. The maximum Gasteiger partial charge on any atom is 0.414 e. The second-order valence-electron chi connectivity index (χ2n) is 10.5. The van der Waals surface area contributed by atoms with Gasteiger partial charge in [0.1, 0.15) is 12.7 Å². The normalized spacial score (nSPS) is 20.3. The summed E-state index contributed by atoms with van der Waals surface area (Å²) in [5.74, 6) is -1.07. The number of ether oxygens (including phenoxy) is 2. The van der Waals surface area contributed by atoms with Crippen LogP contribution in [0.1, 0.15) is 41.8 Å². The number of nitrogens with zero attached hydrogens (tertiary/aromatic N) is 3. The first-order valence-corrected chi connectivity index (χ1v) is 15.6. The molecular formula is C29H34ClN5O7S. The molecule has 2 atom stereocenters. The highest BCUT2D eigenvalue weighted by molar-refractivity contribution is 7.18. The number of thiophene rings is 1. The number of amides is 5. The Morgan fingerprint density at radius 2 is 1.84 bits per heavy atom. The van der Waals surface area contributed by atoms with Crippen LogP contribution in [-0.2, 0) is 23.9 Å². The van der Waals surface area contributed by atoms with Crippen LogP contribution < -0.4 is 20.4 Å². The number of carbonyl (C=O) groups excluding carboxylic acids is 5. The number of benzene rings is 1. The van der Waals surface area contributed by atoms with Gasteiger partial charge in [-0.2, -0.15) is 0 Å².